The highest BCUT2D eigenvalue weighted by Gasteiger charge is 2.09. The molecule has 2 aromatic heterocycles. The molecule has 0 aliphatic carbocycles. The SMILES string of the molecule is Cc1nc2sc(Br)nn2c1I. The van der Waals surface area contributed by atoms with Crippen molar-refractivity contribution in [3.63, 3.8) is 0 Å². The van der Waals surface area contributed by atoms with E-state index in [1.807, 2.05) is 11.4 Å². The first-order valence-electron chi connectivity index (χ1n) is 2.85. The molecule has 0 radical (unpaired) electrons. The Balaban J connectivity index is 2.88. The monoisotopic (exact) mass is 343 g/mol. The van der Waals surface area contributed by atoms with Gasteiger partial charge in [0.2, 0.25) is 4.96 Å². The lowest BCUT2D eigenvalue weighted by molar-refractivity contribution is 0.930. The third kappa shape index (κ3) is 1.20. The minimum absolute atomic E-state index is 0.873. The van der Waals surface area contributed by atoms with Crippen LogP contribution in [0.1, 0.15) is 5.69 Å². The lowest BCUT2D eigenvalue weighted by Gasteiger charge is -1.83. The molecule has 0 spiro atoms. The van der Waals surface area contributed by atoms with Gasteiger partial charge in [-0.1, -0.05) is 11.3 Å². The third-order valence-electron chi connectivity index (χ3n) is 1.28. The van der Waals surface area contributed by atoms with Gasteiger partial charge in [-0.25, -0.2) is 4.98 Å². The van der Waals surface area contributed by atoms with E-state index >= 15 is 0 Å². The maximum atomic E-state index is 4.31. The average Bonchev–Trinajstić information content (AvgIpc) is 2.37. The van der Waals surface area contributed by atoms with Gasteiger partial charge in [0.05, 0.1) is 5.69 Å². The van der Waals surface area contributed by atoms with Crippen LogP contribution in [0.5, 0.6) is 0 Å². The van der Waals surface area contributed by atoms with Gasteiger partial charge in [0.1, 0.15) is 3.70 Å². The van der Waals surface area contributed by atoms with Crippen LogP contribution in [-0.2, 0) is 0 Å². The van der Waals surface area contributed by atoms with E-state index in [9.17, 15) is 0 Å². The van der Waals surface area contributed by atoms with Crippen LogP contribution < -0.4 is 0 Å². The summed E-state index contributed by atoms with van der Waals surface area (Å²) in [6.45, 7) is 1.98. The second-order valence-corrected chi connectivity index (χ2v) is 5.29. The van der Waals surface area contributed by atoms with Gasteiger partial charge in [0.25, 0.3) is 0 Å². The Bertz CT molecular complexity index is 407. The van der Waals surface area contributed by atoms with E-state index in [-0.39, 0.29) is 0 Å². The van der Waals surface area contributed by atoms with Gasteiger partial charge in [0, 0.05) is 0 Å². The molecule has 0 unspecified atom stereocenters. The second kappa shape index (κ2) is 2.67. The standard InChI is InChI=1S/C5H3BrIN3S/c1-2-3(7)10-5(8-2)11-4(6)9-10/h1H3. The number of hydrogen-bond acceptors (Lipinski definition) is 3. The van der Waals surface area contributed by atoms with Gasteiger partial charge in [-0.05, 0) is 45.4 Å². The van der Waals surface area contributed by atoms with Crippen LogP contribution in [-0.4, -0.2) is 14.6 Å². The van der Waals surface area contributed by atoms with E-state index in [0.29, 0.717) is 0 Å². The number of fused-ring (bicyclic) bond motifs is 1. The molecule has 0 fully saturated rings. The van der Waals surface area contributed by atoms with Gasteiger partial charge in [0.15, 0.2) is 3.92 Å². The zero-order valence-electron chi connectivity index (χ0n) is 5.51. The summed E-state index contributed by atoms with van der Waals surface area (Å²) in [4.78, 5) is 5.26. The number of hydrogen-bond donors (Lipinski definition) is 0. The molecule has 2 heterocycles. The van der Waals surface area contributed by atoms with Gasteiger partial charge >= 0.3 is 0 Å². The van der Waals surface area contributed by atoms with Crippen molar-refractivity contribution in [3.05, 3.63) is 13.3 Å². The fourth-order valence-corrected chi connectivity index (χ4v) is 2.69. The van der Waals surface area contributed by atoms with Crippen LogP contribution >= 0.6 is 49.9 Å². The Morgan fingerprint density at radius 3 is 3.00 bits per heavy atom. The molecule has 0 aliphatic rings. The average molecular weight is 344 g/mol. The quantitative estimate of drug-likeness (QED) is 0.688. The molecule has 0 saturated carbocycles. The lowest BCUT2D eigenvalue weighted by Crippen LogP contribution is -1.86. The molecule has 2 rings (SSSR count). The molecule has 0 amide bonds. The maximum Gasteiger partial charge on any atom is 0.214 e. The first-order valence-corrected chi connectivity index (χ1v) is 5.54. The number of nitrogens with zero attached hydrogens (tertiary/aromatic N) is 3. The van der Waals surface area contributed by atoms with Crippen LogP contribution in [0.2, 0.25) is 0 Å². The Kier molecular flexibility index (Phi) is 1.92. The minimum Gasteiger partial charge on any atom is -0.222 e. The van der Waals surface area contributed by atoms with E-state index in [2.05, 4.69) is 48.6 Å². The molecule has 0 atom stereocenters. The molecule has 11 heavy (non-hydrogen) atoms. The molecule has 0 saturated heterocycles. The molecular formula is C5H3BrIN3S. The van der Waals surface area contributed by atoms with Gasteiger partial charge < -0.3 is 0 Å². The summed E-state index contributed by atoms with van der Waals surface area (Å²) in [6, 6.07) is 0. The van der Waals surface area contributed by atoms with Crippen molar-refractivity contribution in [3.8, 4) is 0 Å². The fraction of sp³-hybridized carbons (Fsp3) is 0.200. The summed E-state index contributed by atoms with van der Waals surface area (Å²) in [6.07, 6.45) is 0. The van der Waals surface area contributed by atoms with Crippen LogP contribution in [0, 0.1) is 10.6 Å². The zero-order valence-corrected chi connectivity index (χ0v) is 10.1. The second-order valence-electron chi connectivity index (χ2n) is 2.04. The van der Waals surface area contributed by atoms with E-state index in [0.717, 1.165) is 18.3 Å². The highest BCUT2D eigenvalue weighted by molar-refractivity contribution is 14.1. The van der Waals surface area contributed by atoms with Crippen molar-refractivity contribution < 1.29 is 0 Å². The zero-order chi connectivity index (χ0) is 8.01. The number of aromatic nitrogens is 3. The predicted molar refractivity (Wildman–Crippen MR) is 56.0 cm³/mol. The first kappa shape index (κ1) is 7.93. The van der Waals surface area contributed by atoms with Crippen LogP contribution in [0.4, 0.5) is 0 Å². The molecule has 0 aliphatic heterocycles. The van der Waals surface area contributed by atoms with Crippen molar-refractivity contribution in [2.75, 3.05) is 0 Å². The number of imidazole rings is 1. The smallest absolute Gasteiger partial charge is 0.214 e. The predicted octanol–water partition coefficient (Wildman–Crippen LogP) is 2.47. The molecule has 0 aromatic carbocycles. The van der Waals surface area contributed by atoms with Crippen molar-refractivity contribution in [1.29, 1.82) is 0 Å². The molecular weight excluding hydrogens is 341 g/mol. The van der Waals surface area contributed by atoms with Gasteiger partial charge in [-0.15, -0.1) is 5.10 Å². The topological polar surface area (TPSA) is 30.2 Å². The van der Waals surface area contributed by atoms with Gasteiger partial charge in [-0.2, -0.15) is 4.52 Å². The lowest BCUT2D eigenvalue weighted by atomic mass is 10.6. The Morgan fingerprint density at radius 1 is 1.64 bits per heavy atom. The Morgan fingerprint density at radius 2 is 2.36 bits per heavy atom. The van der Waals surface area contributed by atoms with E-state index in [1.165, 1.54) is 11.3 Å². The van der Waals surface area contributed by atoms with Crippen molar-refractivity contribution in [2.45, 2.75) is 6.92 Å². The highest BCUT2D eigenvalue weighted by Crippen LogP contribution is 2.22. The molecule has 0 N–H and O–H groups in total. The third-order valence-corrected chi connectivity index (χ3v) is 3.86. The van der Waals surface area contributed by atoms with Crippen LogP contribution in [0.25, 0.3) is 4.96 Å². The van der Waals surface area contributed by atoms with Crippen LogP contribution in [0.15, 0.2) is 3.92 Å². The number of halogens is 2. The van der Waals surface area contributed by atoms with Crippen molar-refractivity contribution >= 4 is 54.8 Å². The molecule has 3 nitrogen and oxygen atoms in total. The minimum atomic E-state index is 0.873. The van der Waals surface area contributed by atoms with Crippen LogP contribution in [0.3, 0.4) is 0 Å². The normalized spacial score (nSPS) is 11.2. The molecule has 6 heteroatoms. The van der Waals surface area contributed by atoms with E-state index < -0.39 is 0 Å². The largest absolute Gasteiger partial charge is 0.222 e. The fourth-order valence-electron chi connectivity index (χ4n) is 0.801. The highest BCUT2D eigenvalue weighted by atomic mass is 127. The summed E-state index contributed by atoms with van der Waals surface area (Å²) in [5, 5.41) is 4.22. The summed E-state index contributed by atoms with van der Waals surface area (Å²) >= 11 is 7.08. The molecule has 0 bridgehead atoms. The first-order chi connectivity index (χ1) is 5.18. The Hall–Kier alpha value is 0.310. The number of aryl methyl sites for hydroxylation is 1. The maximum absolute atomic E-state index is 4.31. The summed E-state index contributed by atoms with van der Waals surface area (Å²) in [5.41, 5.74) is 1.04. The Labute approximate surface area is 89.1 Å². The summed E-state index contributed by atoms with van der Waals surface area (Å²) in [5.74, 6) is 0. The summed E-state index contributed by atoms with van der Waals surface area (Å²) < 4.78 is 3.79. The molecule has 2 aromatic rings. The van der Waals surface area contributed by atoms with Crippen molar-refractivity contribution in [2.24, 2.45) is 0 Å². The van der Waals surface area contributed by atoms with E-state index in [4.69, 9.17) is 0 Å². The molecule has 58 valence electrons. The number of rotatable bonds is 0. The van der Waals surface area contributed by atoms with E-state index in [1.54, 1.807) is 0 Å². The van der Waals surface area contributed by atoms with Crippen molar-refractivity contribution in [1.82, 2.24) is 14.6 Å². The summed E-state index contributed by atoms with van der Waals surface area (Å²) in [7, 11) is 0. The van der Waals surface area contributed by atoms with Gasteiger partial charge in [-0.3, -0.25) is 0 Å².